The lowest BCUT2D eigenvalue weighted by Gasteiger charge is -2.27. The molecule has 0 aromatic heterocycles. The number of carboxylic acid groups (broad SMARTS) is 1. The van der Waals surface area contributed by atoms with Gasteiger partial charge in [-0.2, -0.15) is 0 Å². The third-order valence-corrected chi connectivity index (χ3v) is 2.67. The Kier molecular flexibility index (Phi) is 3.94. The molecule has 1 aliphatic rings. The normalized spacial score (nSPS) is 20.4. The lowest BCUT2D eigenvalue weighted by molar-refractivity contribution is -0.141. The molecular formula is C10H18N2O3. The van der Waals surface area contributed by atoms with Crippen LogP contribution in [0.3, 0.4) is 0 Å². The highest BCUT2D eigenvalue weighted by molar-refractivity contribution is 5.83. The summed E-state index contributed by atoms with van der Waals surface area (Å²) in [6.07, 6.45) is 2.23. The summed E-state index contributed by atoms with van der Waals surface area (Å²) in [5.74, 6) is -0.897. The average molecular weight is 214 g/mol. The smallest absolute Gasteiger partial charge is 0.326 e. The Bertz CT molecular complexity index is 255. The fourth-order valence-electron chi connectivity index (χ4n) is 1.90. The molecule has 1 atom stereocenters. The van der Waals surface area contributed by atoms with E-state index in [9.17, 15) is 9.59 Å². The average Bonchev–Trinajstić information content (AvgIpc) is 2.65. The number of likely N-dealkylation sites (tertiary alicyclic amines) is 1. The van der Waals surface area contributed by atoms with Crippen molar-refractivity contribution in [2.45, 2.75) is 32.2 Å². The van der Waals surface area contributed by atoms with Gasteiger partial charge >= 0.3 is 12.0 Å². The SMILES string of the molecule is CCCN(C)C(=O)N1CCC[C@@H]1C(=O)O. The number of carbonyl (C=O) groups excluding carboxylic acids is 1. The van der Waals surface area contributed by atoms with E-state index in [1.807, 2.05) is 6.92 Å². The maximum absolute atomic E-state index is 11.8. The van der Waals surface area contributed by atoms with Crippen molar-refractivity contribution in [2.75, 3.05) is 20.1 Å². The number of carbonyl (C=O) groups is 2. The predicted octanol–water partition coefficient (Wildman–Crippen LogP) is 0.997. The molecule has 1 aliphatic heterocycles. The van der Waals surface area contributed by atoms with Crippen molar-refractivity contribution in [3.05, 3.63) is 0 Å². The first-order valence-corrected chi connectivity index (χ1v) is 5.32. The van der Waals surface area contributed by atoms with Gasteiger partial charge in [-0.15, -0.1) is 0 Å². The van der Waals surface area contributed by atoms with E-state index in [2.05, 4.69) is 0 Å². The lowest BCUT2D eigenvalue weighted by atomic mass is 10.2. The van der Waals surface area contributed by atoms with Crippen molar-refractivity contribution in [3.8, 4) is 0 Å². The molecule has 0 unspecified atom stereocenters. The summed E-state index contributed by atoms with van der Waals surface area (Å²) in [4.78, 5) is 25.8. The Morgan fingerprint density at radius 2 is 2.20 bits per heavy atom. The minimum Gasteiger partial charge on any atom is -0.480 e. The summed E-state index contributed by atoms with van der Waals surface area (Å²) in [6, 6.07) is -0.793. The van der Waals surface area contributed by atoms with Crippen molar-refractivity contribution < 1.29 is 14.7 Å². The molecule has 1 N–H and O–H groups in total. The molecule has 2 amide bonds. The van der Waals surface area contributed by atoms with Crippen LogP contribution in [0.25, 0.3) is 0 Å². The highest BCUT2D eigenvalue weighted by atomic mass is 16.4. The second-order valence-corrected chi connectivity index (χ2v) is 3.89. The Balaban J connectivity index is 2.62. The summed E-state index contributed by atoms with van der Waals surface area (Å²) in [7, 11) is 1.71. The monoisotopic (exact) mass is 214 g/mol. The first-order valence-electron chi connectivity index (χ1n) is 5.32. The van der Waals surface area contributed by atoms with Gasteiger partial charge in [-0.1, -0.05) is 6.92 Å². The summed E-state index contributed by atoms with van der Waals surface area (Å²) in [6.45, 7) is 3.22. The van der Waals surface area contributed by atoms with Crippen molar-refractivity contribution in [3.63, 3.8) is 0 Å². The van der Waals surface area contributed by atoms with Gasteiger partial charge in [0.1, 0.15) is 6.04 Å². The van der Waals surface area contributed by atoms with Gasteiger partial charge in [0, 0.05) is 20.1 Å². The largest absolute Gasteiger partial charge is 0.480 e. The van der Waals surface area contributed by atoms with Crippen LogP contribution in [0.1, 0.15) is 26.2 Å². The third-order valence-electron chi connectivity index (χ3n) is 2.67. The standard InChI is InChI=1S/C10H18N2O3/c1-3-6-11(2)10(15)12-7-4-5-8(12)9(13)14/h8H,3-7H2,1-2H3,(H,13,14)/t8-/m1/s1. The zero-order chi connectivity index (χ0) is 11.4. The molecule has 1 heterocycles. The van der Waals surface area contributed by atoms with E-state index in [1.54, 1.807) is 11.9 Å². The van der Waals surface area contributed by atoms with E-state index in [1.165, 1.54) is 4.90 Å². The Labute approximate surface area is 89.7 Å². The van der Waals surface area contributed by atoms with Crippen LogP contribution < -0.4 is 0 Å². The van der Waals surface area contributed by atoms with Crippen LogP contribution in [0, 0.1) is 0 Å². The molecule has 0 spiro atoms. The topological polar surface area (TPSA) is 60.9 Å². The minimum atomic E-state index is -0.897. The number of carboxylic acids is 1. The van der Waals surface area contributed by atoms with Gasteiger partial charge in [0.25, 0.3) is 0 Å². The van der Waals surface area contributed by atoms with Crippen molar-refractivity contribution in [2.24, 2.45) is 0 Å². The zero-order valence-electron chi connectivity index (χ0n) is 9.27. The third kappa shape index (κ3) is 2.61. The Morgan fingerprint density at radius 1 is 1.53 bits per heavy atom. The van der Waals surface area contributed by atoms with Crippen LogP contribution in [0.2, 0.25) is 0 Å². The summed E-state index contributed by atoms with van der Waals surface area (Å²) >= 11 is 0. The van der Waals surface area contributed by atoms with Crippen molar-refractivity contribution in [1.82, 2.24) is 9.80 Å². The molecule has 1 fully saturated rings. The van der Waals surface area contributed by atoms with Crippen LogP contribution in [-0.2, 0) is 4.79 Å². The van der Waals surface area contributed by atoms with E-state index >= 15 is 0 Å². The quantitative estimate of drug-likeness (QED) is 0.762. The summed E-state index contributed by atoms with van der Waals surface area (Å²) in [5.41, 5.74) is 0. The fraction of sp³-hybridized carbons (Fsp3) is 0.800. The molecule has 86 valence electrons. The number of nitrogens with zero attached hydrogens (tertiary/aromatic N) is 2. The molecule has 1 rings (SSSR count). The van der Waals surface area contributed by atoms with Gasteiger partial charge < -0.3 is 14.9 Å². The number of aliphatic carboxylic acids is 1. The van der Waals surface area contributed by atoms with Gasteiger partial charge in [-0.05, 0) is 19.3 Å². The number of hydrogen-bond donors (Lipinski definition) is 1. The fourth-order valence-corrected chi connectivity index (χ4v) is 1.90. The highest BCUT2D eigenvalue weighted by Crippen LogP contribution is 2.18. The van der Waals surface area contributed by atoms with Gasteiger partial charge in [0.2, 0.25) is 0 Å². The van der Waals surface area contributed by atoms with Crippen LogP contribution in [0.4, 0.5) is 4.79 Å². The molecule has 0 saturated carbocycles. The molecule has 0 aromatic carbocycles. The number of amides is 2. The zero-order valence-corrected chi connectivity index (χ0v) is 9.27. The second-order valence-electron chi connectivity index (χ2n) is 3.89. The van der Waals surface area contributed by atoms with E-state index < -0.39 is 12.0 Å². The Morgan fingerprint density at radius 3 is 2.73 bits per heavy atom. The molecule has 0 bridgehead atoms. The first-order chi connectivity index (χ1) is 7.07. The highest BCUT2D eigenvalue weighted by Gasteiger charge is 2.35. The maximum atomic E-state index is 11.8. The number of hydrogen-bond acceptors (Lipinski definition) is 2. The van der Waals surface area contributed by atoms with Crippen molar-refractivity contribution in [1.29, 1.82) is 0 Å². The maximum Gasteiger partial charge on any atom is 0.326 e. The molecule has 5 heteroatoms. The molecule has 0 aliphatic carbocycles. The van der Waals surface area contributed by atoms with Gasteiger partial charge in [-0.3, -0.25) is 0 Å². The molecule has 1 saturated heterocycles. The molecule has 0 radical (unpaired) electrons. The van der Waals surface area contributed by atoms with Crippen LogP contribution in [-0.4, -0.2) is 53.1 Å². The Hall–Kier alpha value is -1.26. The molecular weight excluding hydrogens is 196 g/mol. The molecule has 5 nitrogen and oxygen atoms in total. The number of urea groups is 1. The van der Waals surface area contributed by atoms with Gasteiger partial charge in [0.05, 0.1) is 0 Å². The van der Waals surface area contributed by atoms with Crippen molar-refractivity contribution >= 4 is 12.0 Å². The van der Waals surface area contributed by atoms with Crippen LogP contribution in [0.5, 0.6) is 0 Å². The lowest BCUT2D eigenvalue weighted by Crippen LogP contribution is -2.46. The van der Waals surface area contributed by atoms with Crippen LogP contribution in [0.15, 0.2) is 0 Å². The number of rotatable bonds is 3. The minimum absolute atomic E-state index is 0.165. The van der Waals surface area contributed by atoms with Gasteiger partial charge in [-0.25, -0.2) is 9.59 Å². The van der Waals surface area contributed by atoms with E-state index in [4.69, 9.17) is 5.11 Å². The van der Waals surface area contributed by atoms with Crippen LogP contribution >= 0.6 is 0 Å². The predicted molar refractivity (Wildman–Crippen MR) is 55.7 cm³/mol. The van der Waals surface area contributed by atoms with E-state index in [0.29, 0.717) is 19.5 Å². The summed E-state index contributed by atoms with van der Waals surface area (Å²) in [5, 5.41) is 8.93. The van der Waals surface area contributed by atoms with E-state index in [-0.39, 0.29) is 6.03 Å². The van der Waals surface area contributed by atoms with Gasteiger partial charge in [0.15, 0.2) is 0 Å². The first kappa shape index (κ1) is 11.8. The molecule has 15 heavy (non-hydrogen) atoms. The van der Waals surface area contributed by atoms with E-state index in [0.717, 1.165) is 12.8 Å². The second kappa shape index (κ2) is 5.00. The summed E-state index contributed by atoms with van der Waals surface area (Å²) < 4.78 is 0. The molecule has 0 aromatic rings.